The van der Waals surface area contributed by atoms with Gasteiger partial charge >= 0.3 is 0 Å². The Morgan fingerprint density at radius 2 is 1.89 bits per heavy atom. The minimum Gasteiger partial charge on any atom is -0.364 e. The molecule has 0 aliphatic carbocycles. The summed E-state index contributed by atoms with van der Waals surface area (Å²) < 4.78 is 35.8. The SMILES string of the molecule is Fc1ccccc1Cn1nc(-c2ncc(F)c(N3CCC(C4=NN=NC4)CC3)n2)cc1-c1ccon1. The number of hydrogen-bond donors (Lipinski definition) is 0. The van der Waals surface area contributed by atoms with Gasteiger partial charge in [-0.25, -0.2) is 18.7 Å². The van der Waals surface area contributed by atoms with E-state index in [0.29, 0.717) is 48.2 Å². The number of halogens is 2. The van der Waals surface area contributed by atoms with E-state index in [-0.39, 0.29) is 24.0 Å². The molecule has 36 heavy (non-hydrogen) atoms. The zero-order chi connectivity index (χ0) is 24.5. The second-order valence-corrected chi connectivity index (χ2v) is 8.66. The van der Waals surface area contributed by atoms with Crippen molar-refractivity contribution in [3.63, 3.8) is 0 Å². The number of benzene rings is 1. The van der Waals surface area contributed by atoms with Crippen LogP contribution in [0.1, 0.15) is 18.4 Å². The van der Waals surface area contributed by atoms with Crippen molar-refractivity contribution in [2.75, 3.05) is 24.5 Å². The number of hydrogen-bond acceptors (Lipinski definition) is 9. The van der Waals surface area contributed by atoms with E-state index < -0.39 is 5.82 Å². The minimum atomic E-state index is -0.497. The van der Waals surface area contributed by atoms with Crippen LogP contribution in [-0.2, 0) is 6.54 Å². The average Bonchev–Trinajstić information content (AvgIpc) is 3.68. The van der Waals surface area contributed by atoms with Gasteiger partial charge in [0.05, 0.1) is 24.1 Å². The second-order valence-electron chi connectivity index (χ2n) is 8.66. The van der Waals surface area contributed by atoms with Crippen LogP contribution in [0.4, 0.5) is 14.6 Å². The summed E-state index contributed by atoms with van der Waals surface area (Å²) in [6.07, 6.45) is 4.24. The fraction of sp³-hybridized carbons (Fsp3) is 0.292. The van der Waals surface area contributed by atoms with Crippen molar-refractivity contribution in [3.05, 3.63) is 66.1 Å². The van der Waals surface area contributed by atoms with E-state index in [4.69, 9.17) is 4.52 Å². The standard InChI is InChI=1S/C24H21F2N9O/c25-17-4-2-1-3-16(17)14-35-22(19-7-10-36-32-19)11-20(31-35)23-27-12-18(26)24(29-23)34-8-5-15(6-9-34)21-13-28-33-30-21/h1-4,7,10-12,15H,5-6,8-9,13-14H2. The molecular weight excluding hydrogens is 468 g/mol. The fourth-order valence-electron chi connectivity index (χ4n) is 4.55. The molecular formula is C24H21F2N9O. The van der Waals surface area contributed by atoms with E-state index in [2.05, 4.69) is 35.7 Å². The summed E-state index contributed by atoms with van der Waals surface area (Å²) in [4.78, 5) is 10.6. The van der Waals surface area contributed by atoms with Gasteiger partial charge in [0.2, 0.25) is 0 Å². The number of aromatic nitrogens is 5. The topological polar surface area (TPSA) is 110 Å². The molecule has 3 aromatic heterocycles. The van der Waals surface area contributed by atoms with Gasteiger partial charge in [-0.2, -0.15) is 10.2 Å². The lowest BCUT2D eigenvalue weighted by molar-refractivity contribution is 0.421. The predicted octanol–water partition coefficient (Wildman–Crippen LogP) is 4.36. The van der Waals surface area contributed by atoms with E-state index in [0.717, 1.165) is 24.8 Å². The highest BCUT2D eigenvalue weighted by Gasteiger charge is 2.27. The van der Waals surface area contributed by atoms with E-state index >= 15 is 0 Å². The zero-order valence-corrected chi connectivity index (χ0v) is 19.1. The molecule has 1 fully saturated rings. The van der Waals surface area contributed by atoms with Crippen LogP contribution in [-0.4, -0.2) is 50.3 Å². The van der Waals surface area contributed by atoms with Gasteiger partial charge < -0.3 is 9.42 Å². The van der Waals surface area contributed by atoms with Gasteiger partial charge in [-0.05, 0) is 30.2 Å². The van der Waals surface area contributed by atoms with Gasteiger partial charge in [0.1, 0.15) is 30.0 Å². The molecule has 1 saturated heterocycles. The molecule has 0 radical (unpaired) electrons. The monoisotopic (exact) mass is 489 g/mol. The van der Waals surface area contributed by atoms with Crippen molar-refractivity contribution < 1.29 is 13.3 Å². The lowest BCUT2D eigenvalue weighted by Gasteiger charge is -2.32. The molecule has 182 valence electrons. The number of anilines is 1. The summed E-state index contributed by atoms with van der Waals surface area (Å²) in [5.74, 6) is -0.0472. The molecule has 0 unspecified atom stereocenters. The van der Waals surface area contributed by atoms with Crippen LogP contribution in [0.2, 0.25) is 0 Å². The molecule has 0 saturated carbocycles. The van der Waals surface area contributed by atoms with E-state index in [1.807, 2.05) is 4.90 Å². The third-order valence-corrected chi connectivity index (χ3v) is 6.45. The van der Waals surface area contributed by atoms with Crippen molar-refractivity contribution >= 4 is 11.5 Å². The van der Waals surface area contributed by atoms with Crippen LogP contribution >= 0.6 is 0 Å². The van der Waals surface area contributed by atoms with Crippen LogP contribution in [0.15, 0.2) is 68.8 Å². The molecule has 6 rings (SSSR count). The van der Waals surface area contributed by atoms with Crippen LogP contribution in [0.25, 0.3) is 22.9 Å². The molecule has 0 atom stereocenters. The van der Waals surface area contributed by atoms with Crippen LogP contribution in [0.3, 0.4) is 0 Å². The molecule has 0 N–H and O–H groups in total. The molecule has 4 aromatic rings. The third kappa shape index (κ3) is 4.25. The maximum Gasteiger partial charge on any atom is 0.183 e. The first-order valence-electron chi connectivity index (χ1n) is 11.6. The first kappa shape index (κ1) is 22.1. The first-order chi connectivity index (χ1) is 17.7. The van der Waals surface area contributed by atoms with Crippen LogP contribution in [0.5, 0.6) is 0 Å². The summed E-state index contributed by atoms with van der Waals surface area (Å²) in [5.41, 5.74) is 3.00. The predicted molar refractivity (Wildman–Crippen MR) is 126 cm³/mol. The van der Waals surface area contributed by atoms with E-state index in [1.54, 1.807) is 35.0 Å². The lowest BCUT2D eigenvalue weighted by Crippen LogP contribution is -2.37. The van der Waals surface area contributed by atoms with Crippen molar-refractivity contribution in [2.45, 2.75) is 19.4 Å². The normalized spacial score (nSPS) is 16.1. The van der Waals surface area contributed by atoms with E-state index in [1.165, 1.54) is 12.3 Å². The van der Waals surface area contributed by atoms with Crippen LogP contribution in [0, 0.1) is 17.6 Å². The smallest absolute Gasteiger partial charge is 0.183 e. The molecule has 0 amide bonds. The molecule has 12 heteroatoms. The largest absolute Gasteiger partial charge is 0.364 e. The molecule has 2 aliphatic rings. The Morgan fingerprint density at radius 3 is 2.64 bits per heavy atom. The summed E-state index contributed by atoms with van der Waals surface area (Å²) in [7, 11) is 0. The van der Waals surface area contributed by atoms with Gasteiger partial charge in [0.25, 0.3) is 0 Å². The number of nitrogens with zero attached hydrogens (tertiary/aromatic N) is 9. The lowest BCUT2D eigenvalue weighted by atomic mass is 9.92. The van der Waals surface area contributed by atoms with Gasteiger partial charge in [-0.15, -0.1) is 5.10 Å². The Hall–Kier alpha value is -4.35. The highest BCUT2D eigenvalue weighted by Crippen LogP contribution is 2.29. The van der Waals surface area contributed by atoms with Gasteiger partial charge in [-0.3, -0.25) is 4.68 Å². The van der Waals surface area contributed by atoms with E-state index in [9.17, 15) is 8.78 Å². The maximum atomic E-state index is 14.8. The molecule has 10 nitrogen and oxygen atoms in total. The zero-order valence-electron chi connectivity index (χ0n) is 19.1. The fourth-order valence-corrected chi connectivity index (χ4v) is 4.55. The second kappa shape index (κ2) is 9.36. The summed E-state index contributed by atoms with van der Waals surface area (Å²) in [5, 5.41) is 20.4. The third-order valence-electron chi connectivity index (χ3n) is 6.45. The number of rotatable bonds is 6. The molecule has 1 aromatic carbocycles. The minimum absolute atomic E-state index is 0.166. The van der Waals surface area contributed by atoms with Crippen molar-refractivity contribution in [3.8, 4) is 22.9 Å². The van der Waals surface area contributed by atoms with Crippen molar-refractivity contribution in [2.24, 2.45) is 21.4 Å². The highest BCUT2D eigenvalue weighted by molar-refractivity contribution is 5.89. The Labute approximate surface area is 204 Å². The Bertz CT molecular complexity index is 1440. The van der Waals surface area contributed by atoms with Crippen molar-refractivity contribution in [1.29, 1.82) is 0 Å². The quantitative estimate of drug-likeness (QED) is 0.398. The molecule has 2 aliphatic heterocycles. The van der Waals surface area contributed by atoms with Crippen LogP contribution < -0.4 is 4.90 Å². The molecule has 0 bridgehead atoms. The highest BCUT2D eigenvalue weighted by atomic mass is 19.1. The van der Waals surface area contributed by atoms with Gasteiger partial charge in [-0.1, -0.05) is 23.4 Å². The van der Waals surface area contributed by atoms with Gasteiger partial charge in [0, 0.05) is 30.6 Å². The Balaban J connectivity index is 1.29. The molecule has 0 spiro atoms. The summed E-state index contributed by atoms with van der Waals surface area (Å²) in [6.45, 7) is 1.96. The maximum absolute atomic E-state index is 14.8. The van der Waals surface area contributed by atoms with Crippen molar-refractivity contribution in [1.82, 2.24) is 24.9 Å². The Morgan fingerprint density at radius 1 is 1.03 bits per heavy atom. The Kier molecular flexibility index (Phi) is 5.76. The van der Waals surface area contributed by atoms with Gasteiger partial charge in [0.15, 0.2) is 17.5 Å². The first-order valence-corrected chi connectivity index (χ1v) is 11.6. The molecule has 5 heterocycles. The average molecular weight is 489 g/mol. The number of piperidine rings is 1. The summed E-state index contributed by atoms with van der Waals surface area (Å²) in [6, 6.07) is 9.92. The summed E-state index contributed by atoms with van der Waals surface area (Å²) >= 11 is 0.